The van der Waals surface area contributed by atoms with E-state index in [1.54, 1.807) is 30.6 Å². The highest BCUT2D eigenvalue weighted by Gasteiger charge is 2.11. The SMILES string of the molecule is Nc1ccccc1C(O)COc1cncc(Br)c1. The molecule has 1 unspecified atom stereocenters. The number of hydrogen-bond donors (Lipinski definition) is 2. The average molecular weight is 309 g/mol. The molecule has 0 aliphatic carbocycles. The summed E-state index contributed by atoms with van der Waals surface area (Å²) in [5.41, 5.74) is 7.00. The third-order valence-electron chi connectivity index (χ3n) is 2.44. The molecule has 2 rings (SSSR count). The molecule has 94 valence electrons. The Morgan fingerprint density at radius 2 is 2.11 bits per heavy atom. The van der Waals surface area contributed by atoms with Crippen LogP contribution in [0.15, 0.2) is 47.2 Å². The first-order valence-electron chi connectivity index (χ1n) is 5.42. The van der Waals surface area contributed by atoms with E-state index in [1.165, 1.54) is 0 Å². The first kappa shape index (κ1) is 12.9. The Bertz CT molecular complexity index is 534. The Balaban J connectivity index is 2.00. The first-order valence-corrected chi connectivity index (χ1v) is 6.22. The summed E-state index contributed by atoms with van der Waals surface area (Å²) in [5.74, 6) is 0.595. The summed E-state index contributed by atoms with van der Waals surface area (Å²) >= 11 is 3.30. The molecule has 0 bridgehead atoms. The molecule has 5 heteroatoms. The molecule has 0 saturated heterocycles. The second kappa shape index (κ2) is 5.84. The van der Waals surface area contributed by atoms with Gasteiger partial charge in [-0.25, -0.2) is 0 Å². The van der Waals surface area contributed by atoms with Crippen LogP contribution in [-0.2, 0) is 0 Å². The van der Waals surface area contributed by atoms with Crippen LogP contribution in [0.1, 0.15) is 11.7 Å². The second-order valence-corrected chi connectivity index (χ2v) is 4.71. The maximum absolute atomic E-state index is 9.99. The zero-order valence-corrected chi connectivity index (χ0v) is 11.2. The van der Waals surface area contributed by atoms with E-state index in [0.29, 0.717) is 17.0 Å². The minimum absolute atomic E-state index is 0.131. The quantitative estimate of drug-likeness (QED) is 0.852. The number of nitrogens with zero attached hydrogens (tertiary/aromatic N) is 1. The summed E-state index contributed by atoms with van der Waals surface area (Å²) in [6, 6.07) is 8.97. The van der Waals surface area contributed by atoms with E-state index < -0.39 is 6.10 Å². The Morgan fingerprint density at radius 1 is 1.33 bits per heavy atom. The molecule has 0 radical (unpaired) electrons. The van der Waals surface area contributed by atoms with Gasteiger partial charge in [0.25, 0.3) is 0 Å². The molecule has 0 aliphatic heterocycles. The summed E-state index contributed by atoms with van der Waals surface area (Å²) in [6.07, 6.45) is 2.50. The standard InChI is InChI=1S/C13H13BrN2O2/c14-9-5-10(7-16-6-9)18-8-13(17)11-3-1-2-4-12(11)15/h1-7,13,17H,8,15H2. The molecule has 1 heterocycles. The lowest BCUT2D eigenvalue weighted by Crippen LogP contribution is -2.11. The van der Waals surface area contributed by atoms with Crippen molar-refractivity contribution >= 4 is 21.6 Å². The molecule has 0 fully saturated rings. The Morgan fingerprint density at radius 3 is 2.83 bits per heavy atom. The molecule has 0 aliphatic rings. The minimum atomic E-state index is -0.759. The molecular formula is C13H13BrN2O2. The van der Waals surface area contributed by atoms with Crippen LogP contribution in [0, 0.1) is 0 Å². The van der Waals surface area contributed by atoms with Crippen LogP contribution in [0.4, 0.5) is 5.69 Å². The number of para-hydroxylation sites is 1. The highest BCUT2D eigenvalue weighted by atomic mass is 79.9. The predicted octanol–water partition coefficient (Wildman–Crippen LogP) is 2.54. The molecule has 4 nitrogen and oxygen atoms in total. The highest BCUT2D eigenvalue weighted by molar-refractivity contribution is 9.10. The van der Waals surface area contributed by atoms with Crippen molar-refractivity contribution in [3.8, 4) is 5.75 Å². The number of nitrogens with two attached hydrogens (primary N) is 1. The van der Waals surface area contributed by atoms with Crippen LogP contribution >= 0.6 is 15.9 Å². The van der Waals surface area contributed by atoms with Gasteiger partial charge in [0.1, 0.15) is 18.5 Å². The molecule has 1 atom stereocenters. The molecule has 3 N–H and O–H groups in total. The van der Waals surface area contributed by atoms with Gasteiger partial charge in [-0.05, 0) is 28.1 Å². The van der Waals surface area contributed by atoms with Crippen LogP contribution in [0.5, 0.6) is 5.75 Å². The second-order valence-electron chi connectivity index (χ2n) is 3.79. The van der Waals surface area contributed by atoms with Crippen molar-refractivity contribution in [3.05, 3.63) is 52.8 Å². The lowest BCUT2D eigenvalue weighted by molar-refractivity contribution is 0.108. The third kappa shape index (κ3) is 3.21. The van der Waals surface area contributed by atoms with E-state index in [-0.39, 0.29) is 6.61 Å². The van der Waals surface area contributed by atoms with E-state index in [9.17, 15) is 5.11 Å². The molecule has 1 aromatic heterocycles. The number of aliphatic hydroxyl groups excluding tert-OH is 1. The molecule has 1 aromatic carbocycles. The number of halogens is 1. The topological polar surface area (TPSA) is 68.4 Å². The Labute approximate surface area is 114 Å². The van der Waals surface area contributed by atoms with Crippen LogP contribution < -0.4 is 10.5 Å². The monoisotopic (exact) mass is 308 g/mol. The Hall–Kier alpha value is -1.59. The van der Waals surface area contributed by atoms with E-state index in [1.807, 2.05) is 12.1 Å². The zero-order chi connectivity index (χ0) is 13.0. The Kier molecular flexibility index (Phi) is 4.17. The molecule has 0 saturated carbocycles. The molecule has 0 spiro atoms. The number of nitrogen functional groups attached to an aromatic ring is 1. The van der Waals surface area contributed by atoms with E-state index in [2.05, 4.69) is 20.9 Å². The largest absolute Gasteiger partial charge is 0.489 e. The van der Waals surface area contributed by atoms with Gasteiger partial charge in [0.05, 0.1) is 6.20 Å². The maximum atomic E-state index is 9.99. The van der Waals surface area contributed by atoms with Crippen molar-refractivity contribution in [3.63, 3.8) is 0 Å². The predicted molar refractivity (Wildman–Crippen MR) is 73.2 cm³/mol. The molecular weight excluding hydrogens is 296 g/mol. The van der Waals surface area contributed by atoms with Crippen molar-refractivity contribution in [1.29, 1.82) is 0 Å². The van der Waals surface area contributed by atoms with Crippen LogP contribution in [-0.4, -0.2) is 16.7 Å². The number of anilines is 1. The number of aromatic nitrogens is 1. The van der Waals surface area contributed by atoms with Crippen molar-refractivity contribution in [2.45, 2.75) is 6.10 Å². The lowest BCUT2D eigenvalue weighted by Gasteiger charge is -2.14. The smallest absolute Gasteiger partial charge is 0.138 e. The molecule has 18 heavy (non-hydrogen) atoms. The fourth-order valence-electron chi connectivity index (χ4n) is 1.55. The van der Waals surface area contributed by atoms with E-state index in [0.717, 1.165) is 4.47 Å². The van der Waals surface area contributed by atoms with E-state index in [4.69, 9.17) is 10.5 Å². The summed E-state index contributed by atoms with van der Waals surface area (Å²) < 4.78 is 6.29. The van der Waals surface area contributed by atoms with E-state index >= 15 is 0 Å². The summed E-state index contributed by atoms with van der Waals surface area (Å²) in [7, 11) is 0. The number of pyridine rings is 1. The van der Waals surface area contributed by atoms with Crippen molar-refractivity contribution in [2.75, 3.05) is 12.3 Å². The van der Waals surface area contributed by atoms with Gasteiger partial charge < -0.3 is 15.6 Å². The maximum Gasteiger partial charge on any atom is 0.138 e. The van der Waals surface area contributed by atoms with Crippen molar-refractivity contribution in [2.24, 2.45) is 0 Å². The minimum Gasteiger partial charge on any atom is -0.489 e. The van der Waals surface area contributed by atoms with Crippen molar-refractivity contribution < 1.29 is 9.84 Å². The van der Waals surface area contributed by atoms with Gasteiger partial charge in [0.2, 0.25) is 0 Å². The van der Waals surface area contributed by atoms with Gasteiger partial charge in [-0.1, -0.05) is 18.2 Å². The van der Waals surface area contributed by atoms with Gasteiger partial charge in [0, 0.05) is 21.9 Å². The lowest BCUT2D eigenvalue weighted by atomic mass is 10.1. The van der Waals surface area contributed by atoms with Gasteiger partial charge in [-0.3, -0.25) is 4.98 Å². The van der Waals surface area contributed by atoms with Gasteiger partial charge >= 0.3 is 0 Å². The number of hydrogen-bond acceptors (Lipinski definition) is 4. The van der Waals surface area contributed by atoms with Gasteiger partial charge in [-0.15, -0.1) is 0 Å². The van der Waals surface area contributed by atoms with Gasteiger partial charge in [0.15, 0.2) is 0 Å². The number of aliphatic hydroxyl groups is 1. The third-order valence-corrected chi connectivity index (χ3v) is 2.88. The van der Waals surface area contributed by atoms with Gasteiger partial charge in [-0.2, -0.15) is 0 Å². The fourth-order valence-corrected chi connectivity index (χ4v) is 1.89. The average Bonchev–Trinajstić information content (AvgIpc) is 2.37. The summed E-state index contributed by atoms with van der Waals surface area (Å²) in [6.45, 7) is 0.131. The number of ether oxygens (including phenoxy) is 1. The summed E-state index contributed by atoms with van der Waals surface area (Å²) in [5, 5.41) is 9.99. The van der Waals surface area contributed by atoms with Crippen LogP contribution in [0.3, 0.4) is 0 Å². The van der Waals surface area contributed by atoms with Crippen LogP contribution in [0.25, 0.3) is 0 Å². The molecule has 2 aromatic rings. The molecule has 0 amide bonds. The summed E-state index contributed by atoms with van der Waals surface area (Å²) in [4.78, 5) is 3.97. The number of benzene rings is 1. The number of rotatable bonds is 4. The first-order chi connectivity index (χ1) is 8.66. The van der Waals surface area contributed by atoms with Crippen molar-refractivity contribution in [1.82, 2.24) is 4.98 Å². The zero-order valence-electron chi connectivity index (χ0n) is 9.58. The highest BCUT2D eigenvalue weighted by Crippen LogP contribution is 2.22. The fraction of sp³-hybridized carbons (Fsp3) is 0.154. The van der Waals surface area contributed by atoms with Crippen LogP contribution in [0.2, 0.25) is 0 Å². The normalized spacial score (nSPS) is 12.1.